The highest BCUT2D eigenvalue weighted by atomic mass is 35.5. The van der Waals surface area contributed by atoms with Gasteiger partial charge in [-0.25, -0.2) is 0 Å². The van der Waals surface area contributed by atoms with Gasteiger partial charge in [-0.15, -0.1) is 0 Å². The molecule has 0 saturated heterocycles. The third-order valence-corrected chi connectivity index (χ3v) is 6.16. The highest BCUT2D eigenvalue weighted by molar-refractivity contribution is 6.36. The zero-order valence-electron chi connectivity index (χ0n) is 18.9. The molecule has 0 aromatic heterocycles. The zero-order valence-corrected chi connectivity index (χ0v) is 20.4. The van der Waals surface area contributed by atoms with Crippen molar-refractivity contribution in [3.8, 4) is 0 Å². The van der Waals surface area contributed by atoms with E-state index in [1.165, 1.54) is 0 Å². The van der Waals surface area contributed by atoms with Gasteiger partial charge in [-0.3, -0.25) is 9.59 Å². The first-order valence-corrected chi connectivity index (χ1v) is 11.7. The highest BCUT2D eigenvalue weighted by Crippen LogP contribution is 2.27. The van der Waals surface area contributed by atoms with Gasteiger partial charge in [0.15, 0.2) is 0 Å². The van der Waals surface area contributed by atoms with Crippen LogP contribution in [0.25, 0.3) is 0 Å². The molecule has 0 aliphatic heterocycles. The lowest BCUT2D eigenvalue weighted by Gasteiger charge is -2.32. The molecule has 0 spiro atoms. The van der Waals surface area contributed by atoms with E-state index in [0.717, 1.165) is 16.7 Å². The first-order chi connectivity index (χ1) is 15.9. The van der Waals surface area contributed by atoms with Crippen LogP contribution in [0.4, 0.5) is 0 Å². The molecule has 0 heterocycles. The molecular weight excluding hydrogens is 455 g/mol. The minimum absolute atomic E-state index is 0.137. The van der Waals surface area contributed by atoms with Crippen LogP contribution in [0.2, 0.25) is 10.0 Å². The maximum Gasteiger partial charge on any atom is 0.243 e. The van der Waals surface area contributed by atoms with Crippen molar-refractivity contribution in [1.82, 2.24) is 10.2 Å². The predicted molar refractivity (Wildman–Crippen MR) is 135 cm³/mol. The van der Waals surface area contributed by atoms with Gasteiger partial charge in [0.1, 0.15) is 6.04 Å². The fourth-order valence-corrected chi connectivity index (χ4v) is 4.31. The normalized spacial score (nSPS) is 11.6. The second kappa shape index (κ2) is 11.9. The Labute approximate surface area is 205 Å². The smallest absolute Gasteiger partial charge is 0.243 e. The number of amides is 2. The lowest BCUT2D eigenvalue weighted by Crippen LogP contribution is -2.51. The number of hydrogen-bond acceptors (Lipinski definition) is 2. The molecule has 0 aliphatic rings. The molecule has 0 aliphatic carbocycles. The maximum absolute atomic E-state index is 13.7. The highest BCUT2D eigenvalue weighted by Gasteiger charge is 2.31. The molecule has 2 amide bonds. The van der Waals surface area contributed by atoms with E-state index < -0.39 is 6.04 Å². The molecule has 33 heavy (non-hydrogen) atoms. The van der Waals surface area contributed by atoms with E-state index in [1.54, 1.807) is 23.1 Å². The number of aryl methyl sites for hydroxylation is 1. The molecule has 3 aromatic rings. The Morgan fingerprint density at radius 1 is 0.909 bits per heavy atom. The molecule has 0 radical (unpaired) electrons. The minimum atomic E-state index is -0.711. The second-order valence-corrected chi connectivity index (χ2v) is 8.80. The van der Waals surface area contributed by atoms with Crippen molar-refractivity contribution in [3.05, 3.63) is 105 Å². The largest absolute Gasteiger partial charge is 0.355 e. The molecule has 1 N–H and O–H groups in total. The number of halogens is 2. The number of carbonyl (C=O) groups is 2. The second-order valence-electron chi connectivity index (χ2n) is 7.99. The number of carbonyl (C=O) groups excluding carboxylic acids is 2. The number of nitrogens with zero attached hydrogens (tertiary/aromatic N) is 1. The fraction of sp³-hybridized carbons (Fsp3) is 0.259. The molecule has 4 nitrogen and oxygen atoms in total. The number of hydrogen-bond donors (Lipinski definition) is 1. The molecule has 172 valence electrons. The van der Waals surface area contributed by atoms with Gasteiger partial charge in [0, 0.05) is 35.1 Å². The molecule has 3 aromatic carbocycles. The minimum Gasteiger partial charge on any atom is -0.355 e. The summed E-state index contributed by atoms with van der Waals surface area (Å²) >= 11 is 12.9. The number of rotatable bonds is 9. The number of benzene rings is 3. The van der Waals surface area contributed by atoms with Crippen LogP contribution in [-0.4, -0.2) is 29.3 Å². The third kappa shape index (κ3) is 6.83. The lowest BCUT2D eigenvalue weighted by molar-refractivity contribution is -0.140. The molecule has 1 atom stereocenters. The van der Waals surface area contributed by atoms with Crippen molar-refractivity contribution in [1.29, 1.82) is 0 Å². The lowest BCUT2D eigenvalue weighted by atomic mass is 10.0. The quantitative estimate of drug-likeness (QED) is 0.430. The molecule has 0 saturated carbocycles. The summed E-state index contributed by atoms with van der Waals surface area (Å²) in [4.78, 5) is 28.4. The van der Waals surface area contributed by atoms with Crippen LogP contribution in [-0.2, 0) is 29.0 Å². The van der Waals surface area contributed by atoms with Crippen LogP contribution < -0.4 is 5.32 Å². The van der Waals surface area contributed by atoms with E-state index in [4.69, 9.17) is 23.2 Å². The summed E-state index contributed by atoms with van der Waals surface area (Å²) in [6.45, 7) is 4.46. The van der Waals surface area contributed by atoms with E-state index in [2.05, 4.69) is 5.32 Å². The number of likely N-dealkylation sites (N-methyl/N-ethyl adjacent to an activating group) is 1. The summed E-state index contributed by atoms with van der Waals surface area (Å²) in [6.07, 6.45) is 0.558. The first-order valence-electron chi connectivity index (χ1n) is 11.0. The van der Waals surface area contributed by atoms with Crippen LogP contribution in [0.15, 0.2) is 72.8 Å². The van der Waals surface area contributed by atoms with Gasteiger partial charge in [-0.05, 0) is 37.1 Å². The van der Waals surface area contributed by atoms with Gasteiger partial charge in [-0.2, -0.15) is 0 Å². The molecule has 3 rings (SSSR count). The third-order valence-electron chi connectivity index (χ3n) is 5.45. The van der Waals surface area contributed by atoms with E-state index >= 15 is 0 Å². The molecular formula is C27H28Cl2N2O2. The molecule has 0 bridgehead atoms. The average molecular weight is 483 g/mol. The van der Waals surface area contributed by atoms with Gasteiger partial charge in [0.2, 0.25) is 11.8 Å². The van der Waals surface area contributed by atoms with E-state index in [1.807, 2.05) is 68.4 Å². The fourth-order valence-electron chi connectivity index (χ4n) is 3.80. The summed E-state index contributed by atoms with van der Waals surface area (Å²) in [5.41, 5.74) is 3.56. The van der Waals surface area contributed by atoms with Crippen LogP contribution in [0.1, 0.15) is 29.2 Å². The SMILES string of the molecule is CCNC(=O)[C@@H](Cc1ccccc1)N(Cc1c(Cl)cccc1Cl)C(=O)Cc1cccc(C)c1. The Morgan fingerprint density at radius 3 is 2.18 bits per heavy atom. The van der Waals surface area contributed by atoms with Gasteiger partial charge >= 0.3 is 0 Å². The first kappa shape index (κ1) is 24.8. The van der Waals surface area contributed by atoms with E-state index in [-0.39, 0.29) is 24.8 Å². The van der Waals surface area contributed by atoms with E-state index in [9.17, 15) is 9.59 Å². The Kier molecular flexibility index (Phi) is 8.93. The van der Waals surface area contributed by atoms with Crippen LogP contribution >= 0.6 is 23.2 Å². The predicted octanol–water partition coefficient (Wildman–Crippen LogP) is 5.62. The van der Waals surface area contributed by atoms with Crippen molar-refractivity contribution in [2.24, 2.45) is 0 Å². The standard InChI is InChI=1S/C27H28Cl2N2O2/c1-3-30-27(33)25(16-20-10-5-4-6-11-20)31(18-22-23(28)13-8-14-24(22)29)26(32)17-21-12-7-9-19(2)15-21/h4-15,25H,3,16-18H2,1-2H3,(H,30,33)/t25-/m1/s1. The summed E-state index contributed by atoms with van der Waals surface area (Å²) < 4.78 is 0. The molecule has 0 fully saturated rings. The van der Waals surface area contributed by atoms with Gasteiger partial charge in [0.05, 0.1) is 6.42 Å². The van der Waals surface area contributed by atoms with Gasteiger partial charge < -0.3 is 10.2 Å². The van der Waals surface area contributed by atoms with Crippen molar-refractivity contribution in [2.45, 2.75) is 39.3 Å². The van der Waals surface area contributed by atoms with Crippen molar-refractivity contribution < 1.29 is 9.59 Å². The summed E-state index contributed by atoms with van der Waals surface area (Å²) in [5, 5.41) is 3.82. The summed E-state index contributed by atoms with van der Waals surface area (Å²) in [7, 11) is 0. The maximum atomic E-state index is 13.7. The average Bonchev–Trinajstić information content (AvgIpc) is 2.78. The monoisotopic (exact) mass is 482 g/mol. The van der Waals surface area contributed by atoms with E-state index in [0.29, 0.717) is 28.6 Å². The Bertz CT molecular complexity index is 1080. The van der Waals surface area contributed by atoms with Gasteiger partial charge in [-0.1, -0.05) is 89.4 Å². The van der Waals surface area contributed by atoms with Crippen molar-refractivity contribution >= 4 is 35.0 Å². The van der Waals surface area contributed by atoms with Crippen molar-refractivity contribution in [2.75, 3.05) is 6.54 Å². The topological polar surface area (TPSA) is 49.4 Å². The van der Waals surface area contributed by atoms with Crippen LogP contribution in [0.5, 0.6) is 0 Å². The molecule has 0 unspecified atom stereocenters. The summed E-state index contributed by atoms with van der Waals surface area (Å²) in [6, 6.07) is 22.0. The Balaban J connectivity index is 2.00. The van der Waals surface area contributed by atoms with Crippen molar-refractivity contribution in [3.63, 3.8) is 0 Å². The zero-order chi connectivity index (χ0) is 23.8. The number of nitrogens with one attached hydrogen (secondary N) is 1. The van der Waals surface area contributed by atoms with Crippen LogP contribution in [0, 0.1) is 6.92 Å². The Hall–Kier alpha value is -2.82. The van der Waals surface area contributed by atoms with Crippen LogP contribution in [0.3, 0.4) is 0 Å². The Morgan fingerprint density at radius 2 is 1.55 bits per heavy atom. The van der Waals surface area contributed by atoms with Gasteiger partial charge in [0.25, 0.3) is 0 Å². The summed E-state index contributed by atoms with van der Waals surface area (Å²) in [5.74, 6) is -0.370. The molecule has 6 heteroatoms.